The van der Waals surface area contributed by atoms with E-state index in [1.165, 1.54) is 12.8 Å². The number of nitrogens with one attached hydrogen (secondary N) is 1. The van der Waals surface area contributed by atoms with Crippen LogP contribution < -0.4 is 5.32 Å². The fourth-order valence-corrected chi connectivity index (χ4v) is 3.83. The molecule has 0 spiro atoms. The van der Waals surface area contributed by atoms with Gasteiger partial charge < -0.3 is 15.0 Å². The molecule has 5 nitrogen and oxygen atoms in total. The van der Waals surface area contributed by atoms with Gasteiger partial charge in [-0.05, 0) is 19.8 Å². The summed E-state index contributed by atoms with van der Waals surface area (Å²) in [4.78, 5) is 25.9. The Labute approximate surface area is 124 Å². The van der Waals surface area contributed by atoms with E-state index in [2.05, 4.69) is 5.32 Å². The zero-order valence-electron chi connectivity index (χ0n) is 12.1. The minimum atomic E-state index is -0.411. The third-order valence-electron chi connectivity index (χ3n) is 3.90. The first-order chi connectivity index (χ1) is 9.72. The van der Waals surface area contributed by atoms with E-state index in [1.807, 2.05) is 0 Å². The van der Waals surface area contributed by atoms with Crippen molar-refractivity contribution in [2.75, 3.05) is 31.2 Å². The van der Waals surface area contributed by atoms with Gasteiger partial charge in [-0.25, -0.2) is 4.79 Å². The average molecular weight is 300 g/mol. The molecular formula is C14H24N2O3S. The molecular weight excluding hydrogens is 276 g/mol. The van der Waals surface area contributed by atoms with E-state index >= 15 is 0 Å². The van der Waals surface area contributed by atoms with Crippen molar-refractivity contribution in [3.63, 3.8) is 0 Å². The summed E-state index contributed by atoms with van der Waals surface area (Å²) in [5.41, 5.74) is 0. The van der Waals surface area contributed by atoms with Crippen molar-refractivity contribution in [2.24, 2.45) is 0 Å². The normalized spacial score (nSPS) is 23.9. The Morgan fingerprint density at radius 3 is 2.80 bits per heavy atom. The number of hydrogen-bond acceptors (Lipinski definition) is 5. The highest BCUT2D eigenvalue weighted by Gasteiger charge is 2.33. The van der Waals surface area contributed by atoms with E-state index in [1.54, 1.807) is 23.6 Å². The van der Waals surface area contributed by atoms with Gasteiger partial charge in [-0.3, -0.25) is 4.79 Å². The average Bonchev–Trinajstić information content (AvgIpc) is 2.98. The van der Waals surface area contributed by atoms with Crippen molar-refractivity contribution < 1.29 is 14.3 Å². The Balaban J connectivity index is 1.85. The maximum absolute atomic E-state index is 12.3. The van der Waals surface area contributed by atoms with E-state index < -0.39 is 6.04 Å². The predicted octanol–water partition coefficient (Wildman–Crippen LogP) is 1.03. The summed E-state index contributed by atoms with van der Waals surface area (Å²) in [7, 11) is 0. The van der Waals surface area contributed by atoms with Crippen LogP contribution in [0, 0.1) is 0 Å². The van der Waals surface area contributed by atoms with Gasteiger partial charge in [0.1, 0.15) is 6.04 Å². The molecule has 0 radical (unpaired) electrons. The van der Waals surface area contributed by atoms with Crippen LogP contribution in [0.25, 0.3) is 0 Å². The highest BCUT2D eigenvalue weighted by atomic mass is 32.2. The van der Waals surface area contributed by atoms with Gasteiger partial charge in [-0.15, -0.1) is 0 Å². The number of rotatable bonds is 5. The van der Waals surface area contributed by atoms with Crippen molar-refractivity contribution in [3.8, 4) is 0 Å². The molecule has 2 aliphatic rings. The minimum absolute atomic E-state index is 0.0234. The van der Waals surface area contributed by atoms with Gasteiger partial charge in [0.25, 0.3) is 0 Å². The van der Waals surface area contributed by atoms with Gasteiger partial charge >= 0.3 is 5.97 Å². The molecule has 1 saturated heterocycles. The Morgan fingerprint density at radius 2 is 2.10 bits per heavy atom. The van der Waals surface area contributed by atoms with E-state index in [4.69, 9.17) is 4.74 Å². The van der Waals surface area contributed by atoms with Crippen molar-refractivity contribution in [1.82, 2.24) is 10.2 Å². The first kappa shape index (κ1) is 15.6. The largest absolute Gasteiger partial charge is 0.464 e. The summed E-state index contributed by atoms with van der Waals surface area (Å²) in [5.74, 6) is 1.29. The molecule has 6 heteroatoms. The molecule has 0 bridgehead atoms. The van der Waals surface area contributed by atoms with E-state index in [0.717, 1.165) is 18.6 Å². The summed E-state index contributed by atoms with van der Waals surface area (Å²) in [5, 5.41) is 3.32. The smallest absolute Gasteiger partial charge is 0.329 e. The quantitative estimate of drug-likeness (QED) is 0.768. The summed E-state index contributed by atoms with van der Waals surface area (Å²) in [6, 6.07) is 0.0609. The zero-order valence-corrected chi connectivity index (χ0v) is 12.9. The van der Waals surface area contributed by atoms with Crippen LogP contribution in [0.3, 0.4) is 0 Å². The van der Waals surface area contributed by atoms with Gasteiger partial charge in [0, 0.05) is 24.1 Å². The Kier molecular flexibility index (Phi) is 6.16. The minimum Gasteiger partial charge on any atom is -0.464 e. The third kappa shape index (κ3) is 4.12. The van der Waals surface area contributed by atoms with Gasteiger partial charge in [0.15, 0.2) is 0 Å². The number of ether oxygens (including phenoxy) is 1. The molecule has 2 fully saturated rings. The molecule has 1 aliphatic carbocycles. The van der Waals surface area contributed by atoms with Crippen molar-refractivity contribution in [1.29, 1.82) is 0 Å². The SMILES string of the molecule is CCOC(=O)C1CSCCN1C(=O)CNC1CCCC1. The second kappa shape index (κ2) is 7.88. The molecule has 1 unspecified atom stereocenters. The molecule has 114 valence electrons. The molecule has 1 atom stereocenters. The summed E-state index contributed by atoms with van der Waals surface area (Å²) in [6.07, 6.45) is 4.81. The van der Waals surface area contributed by atoms with Crippen molar-refractivity contribution in [3.05, 3.63) is 0 Å². The lowest BCUT2D eigenvalue weighted by Crippen LogP contribution is -2.53. The molecule has 1 aliphatic heterocycles. The number of carbonyl (C=O) groups is 2. The maximum Gasteiger partial charge on any atom is 0.329 e. The molecule has 0 aromatic rings. The maximum atomic E-state index is 12.3. The Bertz CT molecular complexity index is 345. The van der Waals surface area contributed by atoms with E-state index in [-0.39, 0.29) is 11.9 Å². The summed E-state index contributed by atoms with van der Waals surface area (Å²) < 4.78 is 5.07. The summed E-state index contributed by atoms with van der Waals surface area (Å²) in [6.45, 7) is 3.13. The van der Waals surface area contributed by atoms with Gasteiger partial charge in [0.05, 0.1) is 13.2 Å². The lowest BCUT2D eigenvalue weighted by Gasteiger charge is -2.34. The fraction of sp³-hybridized carbons (Fsp3) is 0.857. The molecule has 1 N–H and O–H groups in total. The number of amides is 1. The number of carbonyl (C=O) groups excluding carboxylic acids is 2. The van der Waals surface area contributed by atoms with Crippen LogP contribution in [0.15, 0.2) is 0 Å². The van der Waals surface area contributed by atoms with Crippen LogP contribution in [0.2, 0.25) is 0 Å². The Hall–Kier alpha value is -0.750. The zero-order chi connectivity index (χ0) is 14.4. The molecule has 1 amide bonds. The first-order valence-electron chi connectivity index (χ1n) is 7.49. The van der Waals surface area contributed by atoms with Crippen LogP contribution in [-0.2, 0) is 14.3 Å². The second-order valence-electron chi connectivity index (χ2n) is 5.29. The molecule has 1 saturated carbocycles. The molecule has 1 heterocycles. The van der Waals surface area contributed by atoms with Crippen LogP contribution in [-0.4, -0.2) is 60.1 Å². The Morgan fingerprint density at radius 1 is 1.35 bits per heavy atom. The molecule has 20 heavy (non-hydrogen) atoms. The van der Waals surface area contributed by atoms with Gasteiger partial charge in [-0.2, -0.15) is 11.8 Å². The molecule has 2 rings (SSSR count). The lowest BCUT2D eigenvalue weighted by molar-refractivity contribution is -0.153. The van der Waals surface area contributed by atoms with Crippen molar-refractivity contribution in [2.45, 2.75) is 44.7 Å². The number of nitrogens with zero attached hydrogens (tertiary/aromatic N) is 1. The van der Waals surface area contributed by atoms with Gasteiger partial charge in [-0.1, -0.05) is 12.8 Å². The molecule has 0 aromatic carbocycles. The topological polar surface area (TPSA) is 58.6 Å². The van der Waals surface area contributed by atoms with Crippen molar-refractivity contribution >= 4 is 23.6 Å². The number of esters is 1. The highest BCUT2D eigenvalue weighted by molar-refractivity contribution is 7.99. The third-order valence-corrected chi connectivity index (χ3v) is 4.93. The monoisotopic (exact) mass is 300 g/mol. The predicted molar refractivity (Wildman–Crippen MR) is 79.7 cm³/mol. The fourth-order valence-electron chi connectivity index (χ4n) is 2.80. The van der Waals surface area contributed by atoms with E-state index in [0.29, 0.717) is 31.5 Å². The number of thioether (sulfide) groups is 1. The standard InChI is InChI=1S/C14H24N2O3S/c1-2-19-14(18)12-10-20-8-7-16(12)13(17)9-15-11-5-3-4-6-11/h11-12,15H,2-10H2,1H3. The highest BCUT2D eigenvalue weighted by Crippen LogP contribution is 2.19. The first-order valence-corrected chi connectivity index (χ1v) is 8.65. The number of hydrogen-bond donors (Lipinski definition) is 1. The van der Waals surface area contributed by atoms with Crippen LogP contribution in [0.1, 0.15) is 32.6 Å². The lowest BCUT2D eigenvalue weighted by atomic mass is 10.2. The summed E-state index contributed by atoms with van der Waals surface area (Å²) >= 11 is 1.71. The van der Waals surface area contributed by atoms with Crippen LogP contribution >= 0.6 is 11.8 Å². The second-order valence-corrected chi connectivity index (χ2v) is 6.44. The van der Waals surface area contributed by atoms with E-state index in [9.17, 15) is 9.59 Å². The molecule has 0 aromatic heterocycles. The van der Waals surface area contributed by atoms with Crippen LogP contribution in [0.5, 0.6) is 0 Å². The van der Waals surface area contributed by atoms with Gasteiger partial charge in [0.2, 0.25) is 5.91 Å². The van der Waals surface area contributed by atoms with Crippen LogP contribution in [0.4, 0.5) is 0 Å².